The fraction of sp³-hybridized carbons (Fsp3) is 0.438. The lowest BCUT2D eigenvalue weighted by Crippen LogP contribution is -2.58. The first-order valence-electron chi connectivity index (χ1n) is 7.23. The fourth-order valence-electron chi connectivity index (χ4n) is 2.85. The average Bonchev–Trinajstić information content (AvgIpc) is 2.89. The van der Waals surface area contributed by atoms with E-state index in [2.05, 4.69) is 59.0 Å². The number of anilines is 1. The molecule has 0 bridgehead atoms. The molecule has 3 rings (SSSR count). The van der Waals surface area contributed by atoms with Gasteiger partial charge in [-0.2, -0.15) is 4.98 Å². The van der Waals surface area contributed by atoms with E-state index in [-0.39, 0.29) is 11.4 Å². The zero-order valence-electron chi connectivity index (χ0n) is 12.5. The Morgan fingerprint density at radius 2 is 2.00 bits per heavy atom. The highest BCUT2D eigenvalue weighted by atomic mass is 32.1. The van der Waals surface area contributed by atoms with Crippen LogP contribution in [0.25, 0.3) is 0 Å². The van der Waals surface area contributed by atoms with E-state index in [1.165, 1.54) is 16.9 Å². The normalized spacial score (nSPS) is 18.9. The van der Waals surface area contributed by atoms with E-state index in [4.69, 9.17) is 0 Å². The van der Waals surface area contributed by atoms with Crippen molar-refractivity contribution in [1.29, 1.82) is 0 Å². The molecule has 1 aliphatic heterocycles. The second-order valence-electron chi connectivity index (χ2n) is 6.13. The molecule has 0 atom stereocenters. The Hall–Kier alpha value is -1.59. The minimum absolute atomic E-state index is 0.0788. The molecule has 1 aromatic carbocycles. The van der Waals surface area contributed by atoms with Crippen molar-refractivity contribution < 1.29 is 5.11 Å². The summed E-state index contributed by atoms with van der Waals surface area (Å²) in [7, 11) is 0. The summed E-state index contributed by atoms with van der Waals surface area (Å²) >= 11 is 1.51. The van der Waals surface area contributed by atoms with Crippen LogP contribution in [0, 0.1) is 0 Å². The van der Waals surface area contributed by atoms with Crippen LogP contribution in [0.1, 0.15) is 19.4 Å². The van der Waals surface area contributed by atoms with Gasteiger partial charge < -0.3 is 10.0 Å². The number of hydrogen-bond donors (Lipinski definition) is 1. The maximum absolute atomic E-state index is 9.42. The lowest BCUT2D eigenvalue weighted by molar-refractivity contribution is 0.0962. The van der Waals surface area contributed by atoms with Gasteiger partial charge in [-0.3, -0.25) is 4.90 Å². The van der Waals surface area contributed by atoms with Crippen molar-refractivity contribution in [2.45, 2.75) is 25.9 Å². The highest BCUT2D eigenvalue weighted by Gasteiger charge is 2.34. The molecule has 2 aromatic rings. The Labute approximate surface area is 129 Å². The Morgan fingerprint density at radius 3 is 2.62 bits per heavy atom. The molecule has 0 radical (unpaired) electrons. The number of piperazine rings is 1. The molecule has 5 heteroatoms. The van der Waals surface area contributed by atoms with Gasteiger partial charge in [0.2, 0.25) is 5.88 Å². The molecule has 2 heterocycles. The van der Waals surface area contributed by atoms with E-state index < -0.39 is 0 Å². The SMILES string of the molecule is CC1(C)CN(c2nc(O)cs2)CCN1Cc1ccccc1. The number of thiazole rings is 1. The van der Waals surface area contributed by atoms with Crippen LogP contribution in [0.3, 0.4) is 0 Å². The van der Waals surface area contributed by atoms with Crippen LogP contribution in [0.4, 0.5) is 5.13 Å². The lowest BCUT2D eigenvalue weighted by Gasteiger charge is -2.47. The number of aromatic nitrogens is 1. The van der Waals surface area contributed by atoms with Crippen molar-refractivity contribution in [1.82, 2.24) is 9.88 Å². The van der Waals surface area contributed by atoms with Gasteiger partial charge in [-0.1, -0.05) is 30.3 Å². The largest absolute Gasteiger partial charge is 0.493 e. The zero-order chi connectivity index (χ0) is 14.9. The minimum atomic E-state index is 0.0788. The maximum atomic E-state index is 9.42. The number of hydrogen-bond acceptors (Lipinski definition) is 5. The molecule has 1 fully saturated rings. The van der Waals surface area contributed by atoms with Gasteiger partial charge in [0.1, 0.15) is 0 Å². The molecule has 4 nitrogen and oxygen atoms in total. The molecule has 0 spiro atoms. The van der Waals surface area contributed by atoms with E-state index in [0.717, 1.165) is 31.3 Å². The van der Waals surface area contributed by atoms with Crippen LogP contribution in [0.5, 0.6) is 5.88 Å². The average molecular weight is 303 g/mol. The molecule has 0 unspecified atom stereocenters. The van der Waals surface area contributed by atoms with Gasteiger partial charge in [-0.05, 0) is 19.4 Å². The van der Waals surface area contributed by atoms with Gasteiger partial charge in [0.25, 0.3) is 0 Å². The molecular formula is C16H21N3OS. The van der Waals surface area contributed by atoms with Gasteiger partial charge in [-0.15, -0.1) is 11.3 Å². The summed E-state index contributed by atoms with van der Waals surface area (Å²) in [6, 6.07) is 10.6. The summed E-state index contributed by atoms with van der Waals surface area (Å²) in [5, 5.41) is 12.0. The Kier molecular flexibility index (Phi) is 3.87. The van der Waals surface area contributed by atoms with Crippen LogP contribution in [-0.4, -0.2) is 40.2 Å². The Balaban J connectivity index is 1.70. The van der Waals surface area contributed by atoms with E-state index in [1.54, 1.807) is 5.38 Å². The lowest BCUT2D eigenvalue weighted by atomic mass is 9.98. The quantitative estimate of drug-likeness (QED) is 0.946. The summed E-state index contributed by atoms with van der Waals surface area (Å²) in [6.07, 6.45) is 0. The molecule has 1 aliphatic rings. The standard InChI is InChI=1S/C16H21N3OS/c1-16(2)12-18(15-17-14(20)11-21-15)8-9-19(16)10-13-6-4-3-5-7-13/h3-7,11,20H,8-10,12H2,1-2H3. The van der Waals surface area contributed by atoms with Crippen LogP contribution >= 0.6 is 11.3 Å². The van der Waals surface area contributed by atoms with Crippen LogP contribution in [0.15, 0.2) is 35.7 Å². The monoisotopic (exact) mass is 303 g/mol. The van der Waals surface area contributed by atoms with E-state index in [9.17, 15) is 5.11 Å². The summed E-state index contributed by atoms with van der Waals surface area (Å²) < 4.78 is 0. The second-order valence-corrected chi connectivity index (χ2v) is 6.97. The highest BCUT2D eigenvalue weighted by Crippen LogP contribution is 2.30. The second kappa shape index (κ2) is 5.66. The van der Waals surface area contributed by atoms with Gasteiger partial charge in [0.05, 0.1) is 5.38 Å². The van der Waals surface area contributed by atoms with Gasteiger partial charge in [0, 0.05) is 31.7 Å². The van der Waals surface area contributed by atoms with Crippen molar-refractivity contribution in [3.05, 3.63) is 41.3 Å². The Morgan fingerprint density at radius 1 is 1.24 bits per heavy atom. The smallest absolute Gasteiger partial charge is 0.223 e. The molecule has 21 heavy (non-hydrogen) atoms. The number of benzene rings is 1. The van der Waals surface area contributed by atoms with Crippen LogP contribution in [0.2, 0.25) is 0 Å². The minimum Gasteiger partial charge on any atom is -0.493 e. The first-order chi connectivity index (χ1) is 10.0. The third-order valence-corrected chi connectivity index (χ3v) is 4.93. The van der Waals surface area contributed by atoms with Crippen LogP contribution in [-0.2, 0) is 6.54 Å². The maximum Gasteiger partial charge on any atom is 0.223 e. The molecule has 1 saturated heterocycles. The van der Waals surface area contributed by atoms with Crippen LogP contribution < -0.4 is 4.90 Å². The first kappa shape index (κ1) is 14.4. The van der Waals surface area contributed by atoms with Gasteiger partial charge in [0.15, 0.2) is 5.13 Å². The molecule has 0 amide bonds. The molecular weight excluding hydrogens is 282 g/mol. The first-order valence-corrected chi connectivity index (χ1v) is 8.11. The van der Waals surface area contributed by atoms with Crippen molar-refractivity contribution >= 4 is 16.5 Å². The molecule has 1 N–H and O–H groups in total. The summed E-state index contributed by atoms with van der Waals surface area (Å²) in [4.78, 5) is 8.98. The number of aromatic hydroxyl groups is 1. The fourth-order valence-corrected chi connectivity index (χ4v) is 3.57. The molecule has 1 aromatic heterocycles. The predicted molar refractivity (Wildman–Crippen MR) is 86.9 cm³/mol. The number of rotatable bonds is 3. The van der Waals surface area contributed by atoms with Crippen molar-refractivity contribution in [2.24, 2.45) is 0 Å². The highest BCUT2D eigenvalue weighted by molar-refractivity contribution is 7.13. The van der Waals surface area contributed by atoms with E-state index in [0.29, 0.717) is 0 Å². The zero-order valence-corrected chi connectivity index (χ0v) is 13.3. The van der Waals surface area contributed by atoms with Crippen molar-refractivity contribution in [3.63, 3.8) is 0 Å². The van der Waals surface area contributed by atoms with Crippen molar-refractivity contribution in [3.8, 4) is 5.88 Å². The number of nitrogens with zero attached hydrogens (tertiary/aromatic N) is 3. The van der Waals surface area contributed by atoms with E-state index >= 15 is 0 Å². The third kappa shape index (κ3) is 3.19. The van der Waals surface area contributed by atoms with E-state index in [1.807, 2.05) is 0 Å². The molecule has 0 aliphatic carbocycles. The van der Waals surface area contributed by atoms with Gasteiger partial charge >= 0.3 is 0 Å². The Bertz CT molecular complexity index is 597. The summed E-state index contributed by atoms with van der Waals surface area (Å²) in [5.74, 6) is 0.125. The predicted octanol–water partition coefficient (Wildman–Crippen LogP) is 2.95. The molecule has 112 valence electrons. The van der Waals surface area contributed by atoms with Crippen molar-refractivity contribution in [2.75, 3.05) is 24.5 Å². The molecule has 0 saturated carbocycles. The third-order valence-electron chi connectivity index (χ3n) is 4.04. The summed E-state index contributed by atoms with van der Waals surface area (Å²) in [5.41, 5.74) is 1.43. The summed E-state index contributed by atoms with van der Waals surface area (Å²) in [6.45, 7) is 8.40. The topological polar surface area (TPSA) is 39.6 Å². The van der Waals surface area contributed by atoms with Gasteiger partial charge in [-0.25, -0.2) is 0 Å².